The topological polar surface area (TPSA) is 27.5 Å². The molecule has 24 heavy (non-hydrogen) atoms. The zero-order valence-electron chi connectivity index (χ0n) is 13.2. The van der Waals surface area contributed by atoms with E-state index in [9.17, 15) is 4.39 Å². The maximum atomic E-state index is 13.3. The molecule has 0 bridgehead atoms. The van der Waals surface area contributed by atoms with Gasteiger partial charge < -0.3 is 19.3 Å². The molecule has 0 N–H and O–H groups in total. The third-order valence-corrected chi connectivity index (χ3v) is 4.92. The highest BCUT2D eigenvalue weighted by Crippen LogP contribution is 2.37. The molecule has 5 nitrogen and oxygen atoms in total. The second kappa shape index (κ2) is 5.12. The van der Waals surface area contributed by atoms with Crippen LogP contribution in [0.1, 0.15) is 18.7 Å². The fraction of sp³-hybridized carbons (Fsp3) is 0.278. The first kappa shape index (κ1) is 13.7. The minimum atomic E-state index is -0.205. The van der Waals surface area contributed by atoms with Crippen molar-refractivity contribution in [2.75, 3.05) is 11.4 Å². The second-order valence-corrected chi connectivity index (χ2v) is 6.37. The summed E-state index contributed by atoms with van der Waals surface area (Å²) >= 11 is 0. The Hall–Kier alpha value is -2.76. The quantitative estimate of drug-likeness (QED) is 0.849. The number of fused-ring (bicyclic) bond motifs is 2. The Morgan fingerprint density at radius 3 is 2.92 bits per heavy atom. The van der Waals surface area contributed by atoms with E-state index in [1.807, 2.05) is 30.6 Å². The van der Waals surface area contributed by atoms with Gasteiger partial charge in [-0.1, -0.05) is 0 Å². The van der Waals surface area contributed by atoms with Crippen LogP contribution in [0.15, 0.2) is 54.8 Å². The van der Waals surface area contributed by atoms with E-state index in [2.05, 4.69) is 36.7 Å². The molecule has 2 aromatic rings. The zero-order valence-corrected chi connectivity index (χ0v) is 13.2. The average molecular weight is 323 g/mol. The predicted molar refractivity (Wildman–Crippen MR) is 89.8 cm³/mol. The molecule has 6 heteroatoms. The van der Waals surface area contributed by atoms with Crippen molar-refractivity contribution in [3.05, 3.63) is 66.4 Å². The lowest BCUT2D eigenvalue weighted by Gasteiger charge is -2.41. The summed E-state index contributed by atoms with van der Waals surface area (Å²) in [5.41, 5.74) is 2.36. The van der Waals surface area contributed by atoms with Crippen molar-refractivity contribution in [2.24, 2.45) is 0 Å². The van der Waals surface area contributed by atoms with Crippen LogP contribution < -0.4 is 4.90 Å². The lowest BCUT2D eigenvalue weighted by molar-refractivity contribution is 0.110. The van der Waals surface area contributed by atoms with Crippen LogP contribution in [-0.2, 0) is 6.67 Å². The van der Waals surface area contributed by atoms with Crippen molar-refractivity contribution in [2.45, 2.75) is 25.8 Å². The van der Waals surface area contributed by atoms with E-state index in [0.717, 1.165) is 31.1 Å². The fourth-order valence-corrected chi connectivity index (χ4v) is 3.79. The van der Waals surface area contributed by atoms with E-state index in [0.29, 0.717) is 0 Å². The average Bonchev–Trinajstić information content (AvgIpc) is 3.29. The minimum absolute atomic E-state index is 0.0831. The number of halogens is 1. The molecule has 0 aliphatic carbocycles. The van der Waals surface area contributed by atoms with Gasteiger partial charge in [-0.15, -0.1) is 0 Å². The van der Waals surface area contributed by atoms with Crippen LogP contribution in [0, 0.1) is 5.82 Å². The number of benzene rings is 1. The largest absolute Gasteiger partial charge is 0.336 e. The molecular weight excluding hydrogens is 305 g/mol. The molecule has 1 aromatic heterocycles. The maximum absolute atomic E-state index is 13.3. The molecule has 1 atom stereocenters. The highest BCUT2D eigenvalue weighted by atomic mass is 19.1. The lowest BCUT2D eigenvalue weighted by atomic mass is 10.2. The summed E-state index contributed by atoms with van der Waals surface area (Å²) in [7, 11) is 0. The summed E-state index contributed by atoms with van der Waals surface area (Å²) in [5.74, 6) is 0.774. The lowest BCUT2D eigenvalue weighted by Crippen LogP contribution is -2.51. The number of nitrogens with zero attached hydrogens (tertiary/aromatic N) is 5. The highest BCUT2D eigenvalue weighted by molar-refractivity contribution is 5.53. The van der Waals surface area contributed by atoms with E-state index >= 15 is 0 Å². The Morgan fingerprint density at radius 1 is 1.17 bits per heavy atom. The molecule has 0 saturated carbocycles. The van der Waals surface area contributed by atoms with Gasteiger partial charge in [0, 0.05) is 42.7 Å². The third kappa shape index (κ3) is 2.02. The highest BCUT2D eigenvalue weighted by Gasteiger charge is 2.39. The van der Waals surface area contributed by atoms with Gasteiger partial charge in [0.05, 0.1) is 6.67 Å². The smallest absolute Gasteiger partial charge is 0.185 e. The van der Waals surface area contributed by atoms with E-state index in [1.54, 1.807) is 0 Å². The molecule has 1 fully saturated rings. The summed E-state index contributed by atoms with van der Waals surface area (Å²) in [4.78, 5) is 11.3. The van der Waals surface area contributed by atoms with E-state index < -0.39 is 0 Å². The minimum Gasteiger partial charge on any atom is -0.336 e. The van der Waals surface area contributed by atoms with Gasteiger partial charge in [0.1, 0.15) is 11.6 Å². The number of aromatic nitrogens is 2. The molecule has 0 radical (unpaired) electrons. The molecule has 4 heterocycles. The van der Waals surface area contributed by atoms with Crippen LogP contribution in [0.2, 0.25) is 0 Å². The third-order valence-electron chi connectivity index (χ3n) is 4.92. The summed E-state index contributed by atoms with van der Waals surface area (Å²) in [6.07, 6.45) is 12.6. The first-order valence-corrected chi connectivity index (χ1v) is 8.26. The van der Waals surface area contributed by atoms with Crippen molar-refractivity contribution in [3.8, 4) is 0 Å². The van der Waals surface area contributed by atoms with E-state index in [-0.39, 0.29) is 12.1 Å². The van der Waals surface area contributed by atoms with Gasteiger partial charge in [-0.2, -0.15) is 0 Å². The molecule has 1 aromatic carbocycles. The molecule has 1 saturated heterocycles. The molecule has 3 aliphatic heterocycles. The van der Waals surface area contributed by atoms with Crippen LogP contribution in [0.3, 0.4) is 0 Å². The van der Waals surface area contributed by atoms with Crippen molar-refractivity contribution in [1.82, 2.24) is 19.4 Å². The summed E-state index contributed by atoms with van der Waals surface area (Å²) in [5, 5.41) is 0. The Kier molecular flexibility index (Phi) is 2.92. The molecule has 122 valence electrons. The van der Waals surface area contributed by atoms with Crippen molar-refractivity contribution < 1.29 is 4.39 Å². The van der Waals surface area contributed by atoms with Gasteiger partial charge in [0.15, 0.2) is 6.29 Å². The first-order chi connectivity index (χ1) is 11.8. The van der Waals surface area contributed by atoms with Crippen LogP contribution in [0.25, 0.3) is 6.08 Å². The van der Waals surface area contributed by atoms with Crippen molar-refractivity contribution in [3.63, 3.8) is 0 Å². The first-order valence-electron chi connectivity index (χ1n) is 8.26. The molecule has 3 aliphatic rings. The Balaban J connectivity index is 1.51. The maximum Gasteiger partial charge on any atom is 0.185 e. The molecule has 5 rings (SSSR count). The zero-order chi connectivity index (χ0) is 16.1. The van der Waals surface area contributed by atoms with Crippen LogP contribution in [-0.4, -0.2) is 32.2 Å². The monoisotopic (exact) mass is 323 g/mol. The van der Waals surface area contributed by atoms with Gasteiger partial charge >= 0.3 is 0 Å². The summed E-state index contributed by atoms with van der Waals surface area (Å²) < 4.78 is 15.4. The standard InChI is InChI=1S/C18H18FN5/c19-14-3-5-15(6-4-14)24-12-16-2-1-9-23(16)18(24)22-10-7-17-20-8-11-21(17)13-22/h3-8,10-12,18H,1-2,9,13H2. The number of allylic oxidation sites excluding steroid dienone is 1. The number of imidazole rings is 1. The molecule has 1 unspecified atom stereocenters. The molecule has 0 spiro atoms. The normalized spacial score (nSPS) is 22.0. The predicted octanol–water partition coefficient (Wildman–Crippen LogP) is 3.01. The summed E-state index contributed by atoms with van der Waals surface area (Å²) in [6.45, 7) is 1.81. The van der Waals surface area contributed by atoms with Crippen molar-refractivity contribution >= 4 is 11.8 Å². The Bertz CT molecular complexity index is 822. The van der Waals surface area contributed by atoms with Crippen LogP contribution in [0.4, 0.5) is 10.1 Å². The van der Waals surface area contributed by atoms with Crippen molar-refractivity contribution in [1.29, 1.82) is 0 Å². The number of hydrogen-bond acceptors (Lipinski definition) is 4. The second-order valence-electron chi connectivity index (χ2n) is 6.37. The van der Waals surface area contributed by atoms with Gasteiger partial charge in [-0.3, -0.25) is 0 Å². The van der Waals surface area contributed by atoms with Crippen LogP contribution in [0.5, 0.6) is 0 Å². The fourth-order valence-electron chi connectivity index (χ4n) is 3.79. The van der Waals surface area contributed by atoms with Gasteiger partial charge in [0.25, 0.3) is 0 Å². The Morgan fingerprint density at radius 2 is 2.04 bits per heavy atom. The van der Waals surface area contributed by atoms with E-state index in [4.69, 9.17) is 0 Å². The SMILES string of the molecule is Fc1ccc(N2C=C3CCCN3C2N2C=Cc3nccn3C2)cc1. The van der Waals surface area contributed by atoms with Gasteiger partial charge in [0.2, 0.25) is 0 Å². The van der Waals surface area contributed by atoms with Gasteiger partial charge in [-0.05, 0) is 43.2 Å². The number of hydrogen-bond donors (Lipinski definition) is 0. The number of anilines is 1. The molecular formula is C18H18FN5. The van der Waals surface area contributed by atoms with E-state index in [1.165, 1.54) is 24.3 Å². The molecule has 0 amide bonds. The summed E-state index contributed by atoms with van der Waals surface area (Å²) in [6, 6.07) is 6.73. The Labute approximate surface area is 139 Å². The van der Waals surface area contributed by atoms with Gasteiger partial charge in [-0.25, -0.2) is 9.37 Å². The number of rotatable bonds is 2. The van der Waals surface area contributed by atoms with Crippen LogP contribution >= 0.6 is 0 Å².